The van der Waals surface area contributed by atoms with Gasteiger partial charge in [0.15, 0.2) is 16.8 Å². The molecule has 26 heavy (non-hydrogen) atoms. The second kappa shape index (κ2) is 8.37. The molecule has 3 aromatic rings. The number of hydrogen-bond donors (Lipinski definition) is 1. The summed E-state index contributed by atoms with van der Waals surface area (Å²) in [7, 11) is 0. The zero-order chi connectivity index (χ0) is 18.5. The van der Waals surface area contributed by atoms with Crippen LogP contribution < -0.4 is 5.32 Å². The summed E-state index contributed by atoms with van der Waals surface area (Å²) in [5.41, 5.74) is 0.935. The number of benzene rings is 1. The van der Waals surface area contributed by atoms with Gasteiger partial charge in [0, 0.05) is 23.2 Å². The summed E-state index contributed by atoms with van der Waals surface area (Å²) in [6.07, 6.45) is 0.927. The molecular formula is C17H18ClN5O2S. The Bertz CT molecular complexity index is 891. The van der Waals surface area contributed by atoms with Gasteiger partial charge in [-0.3, -0.25) is 4.79 Å². The maximum absolute atomic E-state index is 12.1. The second-order valence-electron chi connectivity index (χ2n) is 5.62. The first-order valence-electron chi connectivity index (χ1n) is 8.12. The van der Waals surface area contributed by atoms with E-state index in [1.54, 1.807) is 13.0 Å². The van der Waals surface area contributed by atoms with Gasteiger partial charge in [-0.1, -0.05) is 35.4 Å². The number of aryl methyl sites for hydroxylation is 1. The molecule has 9 heteroatoms. The van der Waals surface area contributed by atoms with Gasteiger partial charge in [0.1, 0.15) is 5.76 Å². The zero-order valence-corrected chi connectivity index (χ0v) is 16.0. The van der Waals surface area contributed by atoms with E-state index >= 15 is 0 Å². The van der Waals surface area contributed by atoms with Gasteiger partial charge in [-0.25, -0.2) is 0 Å². The van der Waals surface area contributed by atoms with Crippen molar-refractivity contribution in [2.24, 2.45) is 0 Å². The predicted molar refractivity (Wildman–Crippen MR) is 101 cm³/mol. The number of anilines is 1. The van der Waals surface area contributed by atoms with Gasteiger partial charge in [0.25, 0.3) is 0 Å². The van der Waals surface area contributed by atoms with Gasteiger partial charge in [-0.15, -0.1) is 10.2 Å². The predicted octanol–water partition coefficient (Wildman–Crippen LogP) is 4.04. The summed E-state index contributed by atoms with van der Waals surface area (Å²) in [5, 5.41) is 16.3. The molecule has 136 valence electrons. The highest BCUT2D eigenvalue weighted by Crippen LogP contribution is 2.25. The van der Waals surface area contributed by atoms with Gasteiger partial charge in [-0.2, -0.15) is 0 Å². The summed E-state index contributed by atoms with van der Waals surface area (Å²) in [6, 6.07) is 9.13. The normalized spacial score (nSPS) is 10.9. The first-order valence-corrected chi connectivity index (χ1v) is 9.48. The number of rotatable bonds is 7. The Kier molecular flexibility index (Phi) is 5.95. The van der Waals surface area contributed by atoms with Crippen LogP contribution >= 0.6 is 23.4 Å². The molecule has 0 aliphatic carbocycles. The first-order chi connectivity index (χ1) is 12.6. The Labute approximate surface area is 160 Å². The molecule has 1 N–H and O–H groups in total. The van der Waals surface area contributed by atoms with Crippen molar-refractivity contribution in [3.63, 3.8) is 0 Å². The number of nitrogens with one attached hydrogen (secondary N) is 1. The third-order valence-corrected chi connectivity index (χ3v) is 4.71. The van der Waals surface area contributed by atoms with E-state index in [-0.39, 0.29) is 11.7 Å². The van der Waals surface area contributed by atoms with Gasteiger partial charge in [0.05, 0.1) is 5.75 Å². The van der Waals surface area contributed by atoms with Crippen LogP contribution in [0, 0.1) is 6.92 Å². The van der Waals surface area contributed by atoms with E-state index in [1.807, 2.05) is 28.8 Å². The Balaban J connectivity index is 1.71. The van der Waals surface area contributed by atoms with E-state index in [0.717, 1.165) is 24.4 Å². The topological polar surface area (TPSA) is 85.8 Å². The Morgan fingerprint density at radius 2 is 2.08 bits per heavy atom. The highest BCUT2D eigenvalue weighted by Gasteiger charge is 2.15. The minimum absolute atomic E-state index is 0.178. The number of carbonyl (C=O) groups excluding carboxylic acids is 1. The summed E-state index contributed by atoms with van der Waals surface area (Å²) >= 11 is 7.29. The smallest absolute Gasteiger partial charge is 0.236 e. The quantitative estimate of drug-likeness (QED) is 0.612. The molecule has 0 fully saturated rings. The van der Waals surface area contributed by atoms with Crippen molar-refractivity contribution in [3.8, 4) is 11.4 Å². The number of amides is 1. The van der Waals surface area contributed by atoms with Crippen LogP contribution in [0.4, 0.5) is 5.82 Å². The maximum Gasteiger partial charge on any atom is 0.236 e. The molecule has 0 aliphatic rings. The lowest BCUT2D eigenvalue weighted by atomic mass is 10.2. The zero-order valence-electron chi connectivity index (χ0n) is 14.4. The van der Waals surface area contributed by atoms with Crippen LogP contribution in [0.25, 0.3) is 11.4 Å². The van der Waals surface area contributed by atoms with Crippen LogP contribution in [0.2, 0.25) is 5.02 Å². The Morgan fingerprint density at radius 3 is 2.73 bits per heavy atom. The number of halogens is 1. The highest BCUT2D eigenvalue weighted by molar-refractivity contribution is 7.99. The number of hydrogen-bond acceptors (Lipinski definition) is 6. The minimum Gasteiger partial charge on any atom is -0.360 e. The Morgan fingerprint density at radius 1 is 1.31 bits per heavy atom. The monoisotopic (exact) mass is 391 g/mol. The molecular weight excluding hydrogens is 374 g/mol. The molecule has 0 saturated carbocycles. The van der Waals surface area contributed by atoms with Crippen molar-refractivity contribution in [1.82, 2.24) is 19.9 Å². The third-order valence-electron chi connectivity index (χ3n) is 3.49. The van der Waals surface area contributed by atoms with Crippen molar-refractivity contribution in [3.05, 3.63) is 41.1 Å². The average Bonchev–Trinajstić information content (AvgIpc) is 3.20. The van der Waals surface area contributed by atoms with Crippen molar-refractivity contribution >= 4 is 35.1 Å². The molecule has 2 heterocycles. The number of nitrogens with zero attached hydrogens (tertiary/aromatic N) is 4. The molecule has 0 bridgehead atoms. The number of aromatic nitrogens is 4. The first kappa shape index (κ1) is 18.5. The van der Waals surface area contributed by atoms with Crippen molar-refractivity contribution in [1.29, 1.82) is 0 Å². The van der Waals surface area contributed by atoms with Gasteiger partial charge >= 0.3 is 0 Å². The number of thioether (sulfide) groups is 1. The fourth-order valence-corrected chi connectivity index (χ4v) is 3.26. The molecule has 2 aromatic heterocycles. The SMILES string of the molecule is CCCn1c(SCC(=O)Nc2cc(C)on2)nnc1-c1ccc(Cl)cc1. The van der Waals surface area contributed by atoms with Gasteiger partial charge in [-0.05, 0) is 37.6 Å². The van der Waals surface area contributed by atoms with Crippen molar-refractivity contribution in [2.45, 2.75) is 32.0 Å². The largest absolute Gasteiger partial charge is 0.360 e. The number of carbonyl (C=O) groups is 1. The fourth-order valence-electron chi connectivity index (χ4n) is 2.37. The molecule has 1 amide bonds. The lowest BCUT2D eigenvalue weighted by Crippen LogP contribution is -2.15. The maximum atomic E-state index is 12.1. The standard InChI is InChI=1S/C17H18ClN5O2S/c1-3-8-23-16(12-4-6-13(18)7-5-12)20-21-17(23)26-10-15(24)19-14-9-11(2)25-22-14/h4-7,9H,3,8,10H2,1-2H3,(H,19,22,24). The van der Waals surface area contributed by atoms with Crippen LogP contribution in [-0.2, 0) is 11.3 Å². The molecule has 7 nitrogen and oxygen atoms in total. The molecule has 0 atom stereocenters. The van der Waals surface area contributed by atoms with E-state index in [2.05, 4.69) is 27.6 Å². The second-order valence-corrected chi connectivity index (χ2v) is 7.00. The van der Waals surface area contributed by atoms with Gasteiger partial charge < -0.3 is 14.4 Å². The average molecular weight is 392 g/mol. The van der Waals surface area contributed by atoms with E-state index in [1.165, 1.54) is 11.8 Å². The molecule has 0 radical (unpaired) electrons. The lowest BCUT2D eigenvalue weighted by Gasteiger charge is -2.09. The molecule has 1 aromatic carbocycles. The minimum atomic E-state index is -0.178. The van der Waals surface area contributed by atoms with E-state index in [4.69, 9.17) is 16.1 Å². The highest BCUT2D eigenvalue weighted by atomic mass is 35.5. The molecule has 0 spiro atoms. The van der Waals surface area contributed by atoms with Crippen LogP contribution in [0.3, 0.4) is 0 Å². The van der Waals surface area contributed by atoms with E-state index < -0.39 is 0 Å². The molecule has 0 unspecified atom stereocenters. The summed E-state index contributed by atoms with van der Waals surface area (Å²) in [5.74, 6) is 1.84. The lowest BCUT2D eigenvalue weighted by molar-refractivity contribution is -0.113. The summed E-state index contributed by atoms with van der Waals surface area (Å²) in [6.45, 7) is 4.61. The van der Waals surface area contributed by atoms with Gasteiger partial charge in [0.2, 0.25) is 5.91 Å². The summed E-state index contributed by atoms with van der Waals surface area (Å²) in [4.78, 5) is 12.1. The third kappa shape index (κ3) is 4.44. The van der Waals surface area contributed by atoms with Crippen molar-refractivity contribution < 1.29 is 9.32 Å². The van der Waals surface area contributed by atoms with Crippen LogP contribution in [0.15, 0.2) is 40.0 Å². The van der Waals surface area contributed by atoms with Crippen LogP contribution in [0.5, 0.6) is 0 Å². The van der Waals surface area contributed by atoms with E-state index in [9.17, 15) is 4.79 Å². The fraction of sp³-hybridized carbons (Fsp3) is 0.294. The summed E-state index contributed by atoms with van der Waals surface area (Å²) < 4.78 is 6.95. The van der Waals surface area contributed by atoms with E-state index in [0.29, 0.717) is 21.8 Å². The molecule has 0 aliphatic heterocycles. The Hall–Kier alpha value is -2.32. The molecule has 3 rings (SSSR count). The van der Waals surface area contributed by atoms with Crippen molar-refractivity contribution in [2.75, 3.05) is 11.1 Å². The van der Waals surface area contributed by atoms with Crippen LogP contribution in [-0.4, -0.2) is 31.6 Å². The molecule has 0 saturated heterocycles. The van der Waals surface area contributed by atoms with Crippen LogP contribution in [0.1, 0.15) is 19.1 Å².